The van der Waals surface area contributed by atoms with Gasteiger partial charge in [0.2, 0.25) is 0 Å². The van der Waals surface area contributed by atoms with Crippen molar-refractivity contribution < 1.29 is 0 Å². The van der Waals surface area contributed by atoms with Crippen LogP contribution in [0.4, 0.5) is 5.69 Å². The summed E-state index contributed by atoms with van der Waals surface area (Å²) in [5.41, 5.74) is 2.45. The highest BCUT2D eigenvalue weighted by atomic mass is 15.1. The van der Waals surface area contributed by atoms with Gasteiger partial charge >= 0.3 is 0 Å². The molecule has 1 nitrogen and oxygen atoms in total. The molecule has 0 N–H and O–H groups in total. The third-order valence-corrected chi connectivity index (χ3v) is 1.99. The van der Waals surface area contributed by atoms with Crippen molar-refractivity contribution in [3.05, 3.63) is 54.3 Å². The van der Waals surface area contributed by atoms with Gasteiger partial charge < -0.3 is 4.90 Å². The smallest absolute Gasteiger partial charge is 0.0403 e. The van der Waals surface area contributed by atoms with E-state index in [1.807, 2.05) is 31.2 Å². The SMILES string of the molecule is C/C=C/C(C)=C/N(C)c1ccccc1. The maximum Gasteiger partial charge on any atom is 0.0403 e. The lowest BCUT2D eigenvalue weighted by molar-refractivity contribution is 1.18. The molecule has 0 bridgehead atoms. The molecule has 1 rings (SSSR count). The molecule has 0 saturated carbocycles. The number of nitrogens with zero attached hydrogens (tertiary/aromatic N) is 1. The summed E-state index contributed by atoms with van der Waals surface area (Å²) in [6.45, 7) is 4.12. The summed E-state index contributed by atoms with van der Waals surface area (Å²) in [5, 5.41) is 0. The molecular formula is C13H17N. The van der Waals surface area contributed by atoms with E-state index in [1.165, 1.54) is 11.3 Å². The van der Waals surface area contributed by atoms with Crippen LogP contribution in [-0.2, 0) is 0 Å². The fourth-order valence-corrected chi connectivity index (χ4v) is 1.35. The van der Waals surface area contributed by atoms with Gasteiger partial charge in [0, 0.05) is 18.9 Å². The number of anilines is 1. The Morgan fingerprint density at radius 1 is 1.21 bits per heavy atom. The fraction of sp³-hybridized carbons (Fsp3) is 0.231. The van der Waals surface area contributed by atoms with Crippen molar-refractivity contribution in [3.8, 4) is 0 Å². The summed E-state index contributed by atoms with van der Waals surface area (Å²) in [6, 6.07) is 10.3. The Morgan fingerprint density at radius 3 is 2.43 bits per heavy atom. The summed E-state index contributed by atoms with van der Waals surface area (Å²) in [7, 11) is 2.06. The van der Waals surface area contributed by atoms with Gasteiger partial charge in [-0.15, -0.1) is 0 Å². The van der Waals surface area contributed by atoms with Crippen molar-refractivity contribution in [2.24, 2.45) is 0 Å². The average molecular weight is 187 g/mol. The van der Waals surface area contributed by atoms with Gasteiger partial charge in [-0.2, -0.15) is 0 Å². The van der Waals surface area contributed by atoms with Crippen molar-refractivity contribution >= 4 is 5.69 Å². The lowest BCUT2D eigenvalue weighted by Gasteiger charge is -2.14. The quantitative estimate of drug-likeness (QED) is 0.653. The molecule has 0 aliphatic carbocycles. The lowest BCUT2D eigenvalue weighted by Crippen LogP contribution is -2.08. The molecule has 0 aromatic heterocycles. The van der Waals surface area contributed by atoms with E-state index in [1.54, 1.807) is 0 Å². The molecule has 0 heterocycles. The van der Waals surface area contributed by atoms with Gasteiger partial charge in [-0.3, -0.25) is 0 Å². The van der Waals surface area contributed by atoms with Crippen LogP contribution in [0.3, 0.4) is 0 Å². The third kappa shape index (κ3) is 3.09. The molecule has 0 aliphatic heterocycles. The molecule has 0 radical (unpaired) electrons. The van der Waals surface area contributed by atoms with Crippen LogP contribution in [0.25, 0.3) is 0 Å². The Bertz CT molecular complexity index is 322. The first-order chi connectivity index (χ1) is 6.74. The standard InChI is InChI=1S/C13H17N/c1-4-8-12(2)11-14(3)13-9-6-5-7-10-13/h4-11H,1-3H3/b8-4+,12-11+. The largest absolute Gasteiger partial charge is 0.351 e. The summed E-state index contributed by atoms with van der Waals surface area (Å²) in [4.78, 5) is 2.12. The number of allylic oxidation sites excluding steroid dienone is 3. The van der Waals surface area contributed by atoms with Crippen LogP contribution in [0.1, 0.15) is 13.8 Å². The molecule has 74 valence electrons. The molecule has 0 atom stereocenters. The molecule has 14 heavy (non-hydrogen) atoms. The van der Waals surface area contributed by atoms with Crippen molar-refractivity contribution in [1.82, 2.24) is 0 Å². The van der Waals surface area contributed by atoms with E-state index in [4.69, 9.17) is 0 Å². The molecule has 1 aromatic carbocycles. The highest BCUT2D eigenvalue weighted by Gasteiger charge is 1.94. The van der Waals surface area contributed by atoms with Gasteiger partial charge in [0.05, 0.1) is 0 Å². The first-order valence-electron chi connectivity index (χ1n) is 4.83. The number of hydrogen-bond donors (Lipinski definition) is 0. The highest BCUT2D eigenvalue weighted by Crippen LogP contribution is 2.12. The van der Waals surface area contributed by atoms with Crippen LogP contribution in [0.2, 0.25) is 0 Å². The van der Waals surface area contributed by atoms with E-state index in [0.717, 1.165) is 0 Å². The van der Waals surface area contributed by atoms with Gasteiger partial charge in [0.25, 0.3) is 0 Å². The molecule has 1 heteroatoms. The molecule has 0 spiro atoms. The average Bonchev–Trinajstić information content (AvgIpc) is 2.19. The van der Waals surface area contributed by atoms with Gasteiger partial charge in [0.15, 0.2) is 0 Å². The topological polar surface area (TPSA) is 3.24 Å². The number of hydrogen-bond acceptors (Lipinski definition) is 1. The summed E-state index contributed by atoms with van der Waals surface area (Å²) in [6.07, 6.45) is 6.26. The van der Waals surface area contributed by atoms with E-state index in [9.17, 15) is 0 Å². The van der Waals surface area contributed by atoms with Gasteiger partial charge in [-0.05, 0) is 31.6 Å². The summed E-state index contributed by atoms with van der Waals surface area (Å²) < 4.78 is 0. The summed E-state index contributed by atoms with van der Waals surface area (Å²) >= 11 is 0. The van der Waals surface area contributed by atoms with Gasteiger partial charge in [-0.25, -0.2) is 0 Å². The second kappa shape index (κ2) is 5.28. The Hall–Kier alpha value is -1.50. The van der Waals surface area contributed by atoms with Crippen LogP contribution in [0.5, 0.6) is 0 Å². The molecule has 0 unspecified atom stereocenters. The highest BCUT2D eigenvalue weighted by molar-refractivity contribution is 5.48. The Morgan fingerprint density at radius 2 is 1.86 bits per heavy atom. The van der Waals surface area contributed by atoms with E-state index < -0.39 is 0 Å². The number of benzene rings is 1. The second-order valence-electron chi connectivity index (χ2n) is 3.32. The van der Waals surface area contributed by atoms with E-state index in [0.29, 0.717) is 0 Å². The van der Waals surface area contributed by atoms with Crippen LogP contribution >= 0.6 is 0 Å². The molecule has 0 fully saturated rings. The molecular weight excluding hydrogens is 170 g/mol. The molecule has 0 saturated heterocycles. The zero-order valence-corrected chi connectivity index (χ0v) is 9.07. The van der Waals surface area contributed by atoms with Crippen molar-refractivity contribution in [1.29, 1.82) is 0 Å². The van der Waals surface area contributed by atoms with Crippen LogP contribution in [0.15, 0.2) is 54.3 Å². The maximum absolute atomic E-state index is 2.12. The third-order valence-electron chi connectivity index (χ3n) is 1.99. The molecule has 0 amide bonds. The predicted molar refractivity (Wildman–Crippen MR) is 63.4 cm³/mol. The molecule has 0 aliphatic rings. The second-order valence-corrected chi connectivity index (χ2v) is 3.32. The van der Waals surface area contributed by atoms with Crippen molar-refractivity contribution in [2.45, 2.75) is 13.8 Å². The Labute approximate surface area is 86.4 Å². The zero-order valence-electron chi connectivity index (χ0n) is 9.07. The van der Waals surface area contributed by atoms with Gasteiger partial charge in [0.1, 0.15) is 0 Å². The van der Waals surface area contributed by atoms with E-state index >= 15 is 0 Å². The van der Waals surface area contributed by atoms with Crippen LogP contribution < -0.4 is 4.90 Å². The van der Waals surface area contributed by atoms with E-state index in [-0.39, 0.29) is 0 Å². The first kappa shape index (κ1) is 10.6. The predicted octanol–water partition coefficient (Wildman–Crippen LogP) is 3.60. The van der Waals surface area contributed by atoms with Crippen molar-refractivity contribution in [2.75, 3.05) is 11.9 Å². The summed E-state index contributed by atoms with van der Waals surface area (Å²) in [5.74, 6) is 0. The minimum atomic E-state index is 1.20. The van der Waals surface area contributed by atoms with Crippen LogP contribution in [0, 0.1) is 0 Å². The normalized spacial score (nSPS) is 12.1. The van der Waals surface area contributed by atoms with E-state index in [2.05, 4.69) is 43.3 Å². The first-order valence-corrected chi connectivity index (χ1v) is 4.83. The Balaban J connectivity index is 2.77. The van der Waals surface area contributed by atoms with Crippen LogP contribution in [-0.4, -0.2) is 7.05 Å². The monoisotopic (exact) mass is 187 g/mol. The zero-order chi connectivity index (χ0) is 10.4. The Kier molecular flexibility index (Phi) is 3.99. The minimum absolute atomic E-state index is 1.20. The minimum Gasteiger partial charge on any atom is -0.351 e. The fourth-order valence-electron chi connectivity index (χ4n) is 1.35. The van der Waals surface area contributed by atoms with Crippen molar-refractivity contribution in [3.63, 3.8) is 0 Å². The lowest BCUT2D eigenvalue weighted by atomic mass is 10.2. The number of para-hydroxylation sites is 1. The maximum atomic E-state index is 2.12. The number of rotatable bonds is 3. The molecule has 1 aromatic rings. The van der Waals surface area contributed by atoms with Gasteiger partial charge in [-0.1, -0.05) is 30.4 Å².